The Labute approximate surface area is 114 Å². The van der Waals surface area contributed by atoms with Crippen molar-refractivity contribution in [2.45, 2.75) is 31.8 Å². The van der Waals surface area contributed by atoms with Crippen molar-refractivity contribution in [1.82, 2.24) is 9.78 Å². The molecule has 0 aliphatic heterocycles. The molecule has 1 saturated carbocycles. The monoisotopic (exact) mass is 315 g/mol. The Morgan fingerprint density at radius 2 is 2.28 bits per heavy atom. The minimum atomic E-state index is -0.358. The molecule has 1 heterocycles. The van der Waals surface area contributed by atoms with Gasteiger partial charge in [-0.15, -0.1) is 0 Å². The predicted molar refractivity (Wildman–Crippen MR) is 73.6 cm³/mol. The van der Waals surface area contributed by atoms with Gasteiger partial charge in [0.2, 0.25) is 0 Å². The van der Waals surface area contributed by atoms with Crippen LogP contribution in [-0.2, 0) is 7.05 Å². The van der Waals surface area contributed by atoms with Crippen LogP contribution < -0.4 is 10.9 Å². The normalized spacial score (nSPS) is 17.9. The van der Waals surface area contributed by atoms with Gasteiger partial charge in [0, 0.05) is 13.6 Å². The molecule has 1 aromatic heterocycles. The van der Waals surface area contributed by atoms with E-state index in [1.54, 1.807) is 13.2 Å². The molecule has 2 N–H and O–H groups in total. The molecule has 0 radical (unpaired) electrons. The smallest absolute Gasteiger partial charge is 0.282 e. The summed E-state index contributed by atoms with van der Waals surface area (Å²) in [6.45, 7) is 0.456. The fourth-order valence-corrected chi connectivity index (χ4v) is 2.86. The molecule has 100 valence electrons. The number of nitrogens with one attached hydrogen (secondary N) is 1. The second-order valence-electron chi connectivity index (χ2n) is 4.79. The van der Waals surface area contributed by atoms with Crippen molar-refractivity contribution in [2.24, 2.45) is 13.0 Å². The highest BCUT2D eigenvalue weighted by molar-refractivity contribution is 9.10. The Bertz CT molecular complexity index is 469. The molecule has 0 bridgehead atoms. The SMILES string of the molecule is Cn1ncc(NCC(O)C2CCCC2)c(Br)c1=O. The summed E-state index contributed by atoms with van der Waals surface area (Å²) in [4.78, 5) is 11.6. The van der Waals surface area contributed by atoms with E-state index in [0.717, 1.165) is 12.8 Å². The van der Waals surface area contributed by atoms with Crippen LogP contribution in [-0.4, -0.2) is 27.5 Å². The summed E-state index contributed by atoms with van der Waals surface area (Å²) in [5, 5.41) is 17.1. The van der Waals surface area contributed by atoms with Crippen LogP contribution in [0.1, 0.15) is 25.7 Å². The van der Waals surface area contributed by atoms with Gasteiger partial charge >= 0.3 is 0 Å². The lowest BCUT2D eigenvalue weighted by Crippen LogP contribution is -2.28. The minimum absolute atomic E-state index is 0.185. The Hall–Kier alpha value is -0.880. The first kappa shape index (κ1) is 13.5. The van der Waals surface area contributed by atoms with Gasteiger partial charge in [0.05, 0.1) is 18.0 Å². The van der Waals surface area contributed by atoms with E-state index in [1.165, 1.54) is 17.5 Å². The van der Waals surface area contributed by atoms with Gasteiger partial charge in [-0.2, -0.15) is 5.10 Å². The fraction of sp³-hybridized carbons (Fsp3) is 0.667. The number of rotatable bonds is 4. The molecule has 5 nitrogen and oxygen atoms in total. The highest BCUT2D eigenvalue weighted by Gasteiger charge is 2.23. The maximum atomic E-state index is 11.6. The molecule has 0 saturated heterocycles. The van der Waals surface area contributed by atoms with Gasteiger partial charge in [0.25, 0.3) is 5.56 Å². The Morgan fingerprint density at radius 3 is 2.94 bits per heavy atom. The zero-order valence-corrected chi connectivity index (χ0v) is 12.0. The van der Waals surface area contributed by atoms with Crippen molar-refractivity contribution in [1.29, 1.82) is 0 Å². The third kappa shape index (κ3) is 2.92. The summed E-state index contributed by atoms with van der Waals surface area (Å²) in [5.74, 6) is 0.385. The number of nitrogens with zero attached hydrogens (tertiary/aromatic N) is 2. The molecule has 0 aromatic carbocycles. The van der Waals surface area contributed by atoms with Gasteiger partial charge in [0.1, 0.15) is 4.47 Å². The maximum absolute atomic E-state index is 11.6. The lowest BCUT2D eigenvalue weighted by molar-refractivity contribution is 0.123. The van der Waals surface area contributed by atoms with E-state index < -0.39 is 0 Å². The molecule has 18 heavy (non-hydrogen) atoms. The molecule has 1 aliphatic carbocycles. The molecule has 1 fully saturated rings. The first-order chi connectivity index (χ1) is 8.59. The minimum Gasteiger partial charge on any atom is -0.391 e. The Morgan fingerprint density at radius 1 is 1.61 bits per heavy atom. The molecule has 0 spiro atoms. The molecular formula is C12H18BrN3O2. The summed E-state index contributed by atoms with van der Waals surface area (Å²) >= 11 is 3.25. The van der Waals surface area contributed by atoms with Crippen LogP contribution in [0.25, 0.3) is 0 Å². The van der Waals surface area contributed by atoms with Gasteiger partial charge in [-0.05, 0) is 34.7 Å². The molecule has 1 unspecified atom stereocenters. The lowest BCUT2D eigenvalue weighted by Gasteiger charge is -2.19. The summed E-state index contributed by atoms with van der Waals surface area (Å²) in [7, 11) is 1.60. The molecule has 1 aliphatic rings. The standard InChI is InChI=1S/C12H18BrN3O2/c1-16-12(18)11(13)9(6-15-16)14-7-10(17)8-4-2-3-5-8/h6,8,10,14,17H,2-5,7H2,1H3. The second-order valence-corrected chi connectivity index (χ2v) is 5.59. The Balaban J connectivity index is 1.97. The van der Waals surface area contributed by atoms with Crippen LogP contribution in [0.3, 0.4) is 0 Å². The van der Waals surface area contributed by atoms with Crippen LogP contribution in [0.4, 0.5) is 5.69 Å². The molecule has 2 rings (SSSR count). The van der Waals surface area contributed by atoms with E-state index in [1.807, 2.05) is 0 Å². The second kappa shape index (κ2) is 5.84. The van der Waals surface area contributed by atoms with E-state index in [-0.39, 0.29) is 11.7 Å². The zero-order chi connectivity index (χ0) is 13.1. The molecule has 1 aromatic rings. The predicted octanol–water partition coefficient (Wildman–Crippen LogP) is 1.51. The van der Waals surface area contributed by atoms with Gasteiger partial charge in [-0.25, -0.2) is 4.68 Å². The van der Waals surface area contributed by atoms with Crippen molar-refractivity contribution < 1.29 is 5.11 Å². The average molecular weight is 316 g/mol. The summed E-state index contributed by atoms with van der Waals surface area (Å²) < 4.78 is 1.72. The summed E-state index contributed by atoms with van der Waals surface area (Å²) in [6.07, 6.45) is 5.84. The van der Waals surface area contributed by atoms with Crippen LogP contribution in [0, 0.1) is 5.92 Å². The van der Waals surface area contributed by atoms with Crippen LogP contribution in [0.15, 0.2) is 15.5 Å². The third-order valence-corrected chi connectivity index (χ3v) is 4.29. The first-order valence-corrected chi connectivity index (χ1v) is 7.02. The highest BCUT2D eigenvalue weighted by Crippen LogP contribution is 2.28. The molecule has 6 heteroatoms. The number of aryl methyl sites for hydroxylation is 1. The quantitative estimate of drug-likeness (QED) is 0.883. The lowest BCUT2D eigenvalue weighted by atomic mass is 10.0. The average Bonchev–Trinajstić information content (AvgIpc) is 2.89. The first-order valence-electron chi connectivity index (χ1n) is 6.23. The van der Waals surface area contributed by atoms with E-state index >= 15 is 0 Å². The fourth-order valence-electron chi connectivity index (χ4n) is 2.36. The van der Waals surface area contributed by atoms with Gasteiger partial charge in [-0.3, -0.25) is 4.79 Å². The van der Waals surface area contributed by atoms with Crippen LogP contribution >= 0.6 is 15.9 Å². The van der Waals surface area contributed by atoms with E-state index in [0.29, 0.717) is 22.6 Å². The van der Waals surface area contributed by atoms with E-state index in [2.05, 4.69) is 26.3 Å². The number of hydrogen-bond acceptors (Lipinski definition) is 4. The third-order valence-electron chi connectivity index (χ3n) is 3.52. The molecule has 0 amide bonds. The number of halogens is 1. The van der Waals surface area contributed by atoms with Crippen molar-refractivity contribution >= 4 is 21.6 Å². The van der Waals surface area contributed by atoms with E-state index in [4.69, 9.17) is 0 Å². The maximum Gasteiger partial charge on any atom is 0.282 e. The molecule has 1 atom stereocenters. The van der Waals surface area contributed by atoms with Gasteiger partial charge < -0.3 is 10.4 Å². The van der Waals surface area contributed by atoms with E-state index in [9.17, 15) is 9.90 Å². The number of aliphatic hydroxyl groups excluding tert-OH is 1. The topological polar surface area (TPSA) is 67.2 Å². The van der Waals surface area contributed by atoms with Crippen LogP contribution in [0.2, 0.25) is 0 Å². The Kier molecular flexibility index (Phi) is 4.40. The van der Waals surface area contributed by atoms with Crippen molar-refractivity contribution in [3.8, 4) is 0 Å². The summed E-state index contributed by atoms with van der Waals surface area (Å²) in [5.41, 5.74) is 0.450. The zero-order valence-electron chi connectivity index (χ0n) is 10.4. The van der Waals surface area contributed by atoms with Crippen molar-refractivity contribution in [3.05, 3.63) is 21.0 Å². The summed E-state index contributed by atoms with van der Waals surface area (Å²) in [6, 6.07) is 0. The van der Waals surface area contributed by atoms with Gasteiger partial charge in [-0.1, -0.05) is 12.8 Å². The number of aromatic nitrogens is 2. The number of anilines is 1. The molecular weight excluding hydrogens is 298 g/mol. The van der Waals surface area contributed by atoms with Crippen molar-refractivity contribution in [2.75, 3.05) is 11.9 Å². The largest absolute Gasteiger partial charge is 0.391 e. The highest BCUT2D eigenvalue weighted by atomic mass is 79.9. The number of aliphatic hydroxyl groups is 1. The van der Waals surface area contributed by atoms with Crippen LogP contribution in [0.5, 0.6) is 0 Å². The number of hydrogen-bond donors (Lipinski definition) is 2. The van der Waals surface area contributed by atoms with Gasteiger partial charge in [0.15, 0.2) is 0 Å². The van der Waals surface area contributed by atoms with Crippen molar-refractivity contribution in [3.63, 3.8) is 0 Å².